The van der Waals surface area contributed by atoms with Gasteiger partial charge in [-0.1, -0.05) is 5.11 Å². The third-order valence-corrected chi connectivity index (χ3v) is 2.86. The van der Waals surface area contributed by atoms with Crippen molar-refractivity contribution in [2.45, 2.75) is 0 Å². The SMILES string of the molecule is [N-]=[N+]=NCC1=CN(c2ccc(Br)c(F)c2)CO1. The number of rotatable bonds is 3. The topological polar surface area (TPSA) is 61.2 Å². The molecule has 7 heteroatoms. The summed E-state index contributed by atoms with van der Waals surface area (Å²) in [6.45, 7) is 0.448. The Balaban J connectivity index is 2.16. The summed E-state index contributed by atoms with van der Waals surface area (Å²) in [6, 6.07) is 4.80. The number of benzene rings is 1. The second kappa shape index (κ2) is 5.07. The van der Waals surface area contributed by atoms with Crippen molar-refractivity contribution in [1.82, 2.24) is 0 Å². The third kappa shape index (κ3) is 2.69. The summed E-state index contributed by atoms with van der Waals surface area (Å²) in [5, 5.41) is 3.39. The van der Waals surface area contributed by atoms with Crippen LogP contribution in [0.2, 0.25) is 0 Å². The molecule has 0 N–H and O–H groups in total. The maximum absolute atomic E-state index is 13.3. The molecule has 5 nitrogen and oxygen atoms in total. The molecule has 1 aliphatic heterocycles. The molecule has 1 aliphatic rings. The standard InChI is InChI=1S/C10H8BrFN4O/c11-9-2-1-7(3-10(9)12)16-5-8(17-6-16)4-14-15-13/h1-3,5H,4,6H2. The van der Waals surface area contributed by atoms with Gasteiger partial charge in [0.25, 0.3) is 0 Å². The Morgan fingerprint density at radius 1 is 1.59 bits per heavy atom. The van der Waals surface area contributed by atoms with Gasteiger partial charge in [0.05, 0.1) is 11.0 Å². The van der Waals surface area contributed by atoms with Crippen molar-refractivity contribution in [2.24, 2.45) is 5.11 Å². The molecule has 0 amide bonds. The minimum atomic E-state index is -0.334. The maximum Gasteiger partial charge on any atom is 0.164 e. The Morgan fingerprint density at radius 2 is 2.41 bits per heavy atom. The summed E-state index contributed by atoms with van der Waals surface area (Å²) in [5.41, 5.74) is 8.87. The van der Waals surface area contributed by atoms with Crippen LogP contribution in [0.5, 0.6) is 0 Å². The van der Waals surface area contributed by atoms with Gasteiger partial charge >= 0.3 is 0 Å². The molecule has 1 heterocycles. The van der Waals surface area contributed by atoms with Gasteiger partial charge in [0, 0.05) is 16.8 Å². The Hall–Kier alpha value is -1.72. The monoisotopic (exact) mass is 298 g/mol. The van der Waals surface area contributed by atoms with Crippen molar-refractivity contribution in [3.63, 3.8) is 0 Å². The van der Waals surface area contributed by atoms with E-state index in [-0.39, 0.29) is 19.1 Å². The lowest BCUT2D eigenvalue weighted by atomic mass is 10.3. The smallest absolute Gasteiger partial charge is 0.164 e. The normalized spacial score (nSPS) is 14.0. The van der Waals surface area contributed by atoms with Gasteiger partial charge in [0.1, 0.15) is 11.6 Å². The number of nitrogens with zero attached hydrogens (tertiary/aromatic N) is 4. The fourth-order valence-corrected chi connectivity index (χ4v) is 1.65. The van der Waals surface area contributed by atoms with Crippen LogP contribution in [0.4, 0.5) is 10.1 Å². The van der Waals surface area contributed by atoms with Gasteiger partial charge in [-0.05, 0) is 39.7 Å². The van der Waals surface area contributed by atoms with Crippen LogP contribution < -0.4 is 4.90 Å². The summed E-state index contributed by atoms with van der Waals surface area (Å²) in [6.07, 6.45) is 1.69. The molecule has 0 atom stereocenters. The van der Waals surface area contributed by atoms with E-state index in [0.717, 1.165) is 0 Å². The second-order valence-electron chi connectivity index (χ2n) is 3.33. The van der Waals surface area contributed by atoms with Crippen molar-refractivity contribution in [2.75, 3.05) is 18.2 Å². The molecule has 0 bridgehead atoms. The molecular formula is C10H8BrFN4O. The zero-order chi connectivity index (χ0) is 12.3. The van der Waals surface area contributed by atoms with Gasteiger partial charge in [0.2, 0.25) is 0 Å². The molecule has 0 radical (unpaired) electrons. The molecular weight excluding hydrogens is 291 g/mol. The van der Waals surface area contributed by atoms with Crippen LogP contribution in [0, 0.1) is 5.82 Å². The highest BCUT2D eigenvalue weighted by Crippen LogP contribution is 2.25. The molecule has 17 heavy (non-hydrogen) atoms. The lowest BCUT2D eigenvalue weighted by Crippen LogP contribution is -2.13. The summed E-state index contributed by atoms with van der Waals surface area (Å²) in [5.74, 6) is 0.227. The molecule has 0 fully saturated rings. The molecule has 0 aliphatic carbocycles. The summed E-state index contributed by atoms with van der Waals surface area (Å²) in [7, 11) is 0. The van der Waals surface area contributed by atoms with Crippen LogP contribution >= 0.6 is 15.9 Å². The van der Waals surface area contributed by atoms with E-state index in [4.69, 9.17) is 10.3 Å². The van der Waals surface area contributed by atoms with Crippen LogP contribution in [-0.2, 0) is 4.74 Å². The zero-order valence-electron chi connectivity index (χ0n) is 8.68. The van der Waals surface area contributed by atoms with E-state index in [0.29, 0.717) is 15.9 Å². The Labute approximate surface area is 105 Å². The minimum absolute atomic E-state index is 0.159. The third-order valence-electron chi connectivity index (χ3n) is 2.21. The van der Waals surface area contributed by atoms with Crippen molar-refractivity contribution in [1.29, 1.82) is 0 Å². The van der Waals surface area contributed by atoms with Gasteiger partial charge in [0.15, 0.2) is 6.73 Å². The average Bonchev–Trinajstić information content (AvgIpc) is 2.79. The first-order valence-corrected chi connectivity index (χ1v) is 5.56. The summed E-state index contributed by atoms with van der Waals surface area (Å²) >= 11 is 3.09. The van der Waals surface area contributed by atoms with E-state index >= 15 is 0 Å². The molecule has 0 unspecified atom stereocenters. The molecule has 2 rings (SSSR count). The average molecular weight is 299 g/mol. The van der Waals surface area contributed by atoms with Crippen LogP contribution in [0.1, 0.15) is 0 Å². The first-order chi connectivity index (χ1) is 8.20. The molecule has 0 saturated heterocycles. The highest BCUT2D eigenvalue weighted by Gasteiger charge is 2.15. The van der Waals surface area contributed by atoms with Gasteiger partial charge in [-0.3, -0.25) is 0 Å². The van der Waals surface area contributed by atoms with Gasteiger partial charge in [-0.2, -0.15) is 0 Å². The summed E-state index contributed by atoms with van der Waals surface area (Å²) < 4.78 is 19.0. The number of hydrogen-bond acceptors (Lipinski definition) is 3. The van der Waals surface area contributed by atoms with E-state index < -0.39 is 0 Å². The van der Waals surface area contributed by atoms with Crippen LogP contribution in [0.3, 0.4) is 0 Å². The molecule has 0 aromatic heterocycles. The minimum Gasteiger partial charge on any atom is -0.475 e. The molecule has 0 saturated carbocycles. The lowest BCUT2D eigenvalue weighted by molar-refractivity contribution is 0.242. The van der Waals surface area contributed by atoms with Crippen LogP contribution in [0.25, 0.3) is 10.4 Å². The van der Waals surface area contributed by atoms with Gasteiger partial charge in [-0.25, -0.2) is 4.39 Å². The van der Waals surface area contributed by atoms with Crippen molar-refractivity contribution >= 4 is 21.6 Å². The number of ether oxygens (including phenoxy) is 1. The quantitative estimate of drug-likeness (QED) is 0.487. The Morgan fingerprint density at radius 3 is 3.12 bits per heavy atom. The van der Waals surface area contributed by atoms with Crippen molar-refractivity contribution in [3.8, 4) is 0 Å². The van der Waals surface area contributed by atoms with Gasteiger partial charge < -0.3 is 9.64 Å². The highest BCUT2D eigenvalue weighted by atomic mass is 79.9. The number of halogens is 2. The summed E-state index contributed by atoms with van der Waals surface area (Å²) in [4.78, 5) is 4.38. The fraction of sp³-hybridized carbons (Fsp3) is 0.200. The number of azide groups is 1. The molecule has 1 aromatic rings. The predicted octanol–water partition coefficient (Wildman–Crippen LogP) is 3.53. The largest absolute Gasteiger partial charge is 0.475 e. The van der Waals surface area contributed by atoms with Crippen LogP contribution in [-0.4, -0.2) is 13.3 Å². The fourth-order valence-electron chi connectivity index (χ4n) is 1.40. The first-order valence-electron chi connectivity index (χ1n) is 4.77. The van der Waals surface area contributed by atoms with E-state index in [1.54, 1.807) is 23.2 Å². The van der Waals surface area contributed by atoms with Gasteiger partial charge in [-0.15, -0.1) is 0 Å². The van der Waals surface area contributed by atoms with Crippen LogP contribution in [0.15, 0.2) is 39.7 Å². The molecule has 88 valence electrons. The molecule has 0 spiro atoms. The number of anilines is 1. The zero-order valence-corrected chi connectivity index (χ0v) is 10.3. The maximum atomic E-state index is 13.3. The lowest BCUT2D eigenvalue weighted by Gasteiger charge is -2.13. The van der Waals surface area contributed by atoms with Crippen molar-refractivity contribution < 1.29 is 9.13 Å². The predicted molar refractivity (Wildman–Crippen MR) is 64.6 cm³/mol. The van der Waals surface area contributed by atoms with E-state index in [9.17, 15) is 4.39 Å². The number of hydrogen-bond donors (Lipinski definition) is 0. The second-order valence-corrected chi connectivity index (χ2v) is 4.18. The van der Waals surface area contributed by atoms with E-state index in [1.165, 1.54) is 6.07 Å². The van der Waals surface area contributed by atoms with E-state index in [2.05, 4.69) is 26.0 Å². The highest BCUT2D eigenvalue weighted by molar-refractivity contribution is 9.10. The Bertz CT molecular complexity index is 513. The Kier molecular flexibility index (Phi) is 3.51. The molecule has 1 aromatic carbocycles. The van der Waals surface area contributed by atoms with Crippen molar-refractivity contribution in [3.05, 3.63) is 50.9 Å². The van der Waals surface area contributed by atoms with E-state index in [1.807, 2.05) is 0 Å². The first kappa shape index (κ1) is 11.8.